The average Bonchev–Trinajstić information content (AvgIpc) is 2.98. The number of benzene rings is 3. The molecule has 146 valence electrons. The van der Waals surface area contributed by atoms with Crippen molar-refractivity contribution in [1.29, 1.82) is 0 Å². The van der Waals surface area contributed by atoms with Crippen LogP contribution >= 0.6 is 0 Å². The Labute approximate surface area is 169 Å². The minimum absolute atomic E-state index is 0.0752. The van der Waals surface area contributed by atoms with Crippen LogP contribution in [-0.2, 0) is 0 Å². The Balaban J connectivity index is 1.69. The maximum atomic E-state index is 11.0. The largest absolute Gasteiger partial charge is 0.352 e. The minimum atomic E-state index is -0.385. The first-order valence-corrected chi connectivity index (χ1v) is 9.57. The molecule has 0 N–H and O–H groups in total. The Morgan fingerprint density at radius 2 is 1.55 bits per heavy atom. The Morgan fingerprint density at radius 3 is 2.21 bits per heavy atom. The van der Waals surface area contributed by atoms with Crippen LogP contribution in [0, 0.1) is 17.0 Å². The Hall–Kier alpha value is -3.67. The maximum Gasteiger partial charge on any atom is 0.269 e. The molecule has 1 heterocycles. The second kappa shape index (κ2) is 8.14. The van der Waals surface area contributed by atoms with Gasteiger partial charge in [0.15, 0.2) is 0 Å². The first-order chi connectivity index (χ1) is 14.1. The van der Waals surface area contributed by atoms with E-state index in [4.69, 9.17) is 5.10 Å². The molecule has 6 nitrogen and oxygen atoms in total. The topological polar surface area (TPSA) is 62.0 Å². The number of hydrogen-bond donors (Lipinski definition) is 0. The summed E-state index contributed by atoms with van der Waals surface area (Å²) in [6.45, 7) is 3.48. The summed E-state index contributed by atoms with van der Waals surface area (Å²) >= 11 is 0. The number of hydrazone groups is 1. The number of nitro groups is 1. The Kier molecular flexibility index (Phi) is 5.24. The number of nitrogens with zero attached hydrogens (tertiary/aromatic N) is 4. The average molecular weight is 386 g/mol. The van der Waals surface area contributed by atoms with Crippen LogP contribution in [0.25, 0.3) is 0 Å². The molecule has 0 amide bonds. The van der Waals surface area contributed by atoms with Gasteiger partial charge < -0.3 is 4.90 Å². The molecule has 0 atom stereocenters. The highest BCUT2D eigenvalue weighted by molar-refractivity contribution is 6.01. The standard InChI is InChI=1S/C23H22N4O2/c1-18-7-9-20(10-8-18)25-16-15-23(19-5-3-2-4-6-19)24-26(17-25)21-11-13-22(14-12-21)27(28)29/h2-14H,15-17H2,1H3. The summed E-state index contributed by atoms with van der Waals surface area (Å²) in [6, 6.07) is 25.1. The van der Waals surface area contributed by atoms with Crippen molar-refractivity contribution in [3.8, 4) is 0 Å². The van der Waals surface area contributed by atoms with E-state index < -0.39 is 0 Å². The lowest BCUT2D eigenvalue weighted by atomic mass is 10.1. The van der Waals surface area contributed by atoms with Crippen molar-refractivity contribution in [3.63, 3.8) is 0 Å². The van der Waals surface area contributed by atoms with E-state index in [-0.39, 0.29) is 10.6 Å². The molecule has 0 aliphatic carbocycles. The second-order valence-corrected chi connectivity index (χ2v) is 7.08. The molecule has 0 spiro atoms. The van der Waals surface area contributed by atoms with Gasteiger partial charge in [0.1, 0.15) is 6.67 Å². The van der Waals surface area contributed by atoms with Crippen molar-refractivity contribution in [1.82, 2.24) is 0 Å². The fraction of sp³-hybridized carbons (Fsp3) is 0.174. The summed E-state index contributed by atoms with van der Waals surface area (Å²) in [5, 5.41) is 17.8. The summed E-state index contributed by atoms with van der Waals surface area (Å²) < 4.78 is 0. The number of nitro benzene ring substituents is 1. The molecule has 0 fully saturated rings. The summed E-state index contributed by atoms with van der Waals surface area (Å²) in [5.74, 6) is 0. The van der Waals surface area contributed by atoms with Gasteiger partial charge in [0.25, 0.3) is 5.69 Å². The molecule has 6 heteroatoms. The van der Waals surface area contributed by atoms with Crippen molar-refractivity contribution in [3.05, 3.63) is 100 Å². The molecule has 0 bridgehead atoms. The normalized spacial score (nSPS) is 14.3. The maximum absolute atomic E-state index is 11.0. The molecule has 0 aromatic heterocycles. The van der Waals surface area contributed by atoms with E-state index in [0.717, 1.165) is 35.6 Å². The van der Waals surface area contributed by atoms with E-state index >= 15 is 0 Å². The molecule has 3 aromatic carbocycles. The molecule has 1 aliphatic heterocycles. The number of non-ortho nitro benzene ring substituents is 1. The van der Waals surface area contributed by atoms with E-state index in [9.17, 15) is 10.1 Å². The summed E-state index contributed by atoms with van der Waals surface area (Å²) in [5.41, 5.74) is 5.34. The minimum Gasteiger partial charge on any atom is -0.352 e. The second-order valence-electron chi connectivity index (χ2n) is 7.08. The van der Waals surface area contributed by atoms with Gasteiger partial charge in [0.05, 0.1) is 16.3 Å². The van der Waals surface area contributed by atoms with E-state index in [1.165, 1.54) is 17.7 Å². The predicted octanol–water partition coefficient (Wildman–Crippen LogP) is 4.98. The first-order valence-electron chi connectivity index (χ1n) is 9.57. The van der Waals surface area contributed by atoms with E-state index in [0.29, 0.717) is 6.67 Å². The molecule has 4 rings (SSSR count). The number of anilines is 2. The van der Waals surface area contributed by atoms with Gasteiger partial charge in [0.2, 0.25) is 0 Å². The van der Waals surface area contributed by atoms with Crippen LogP contribution < -0.4 is 9.91 Å². The SMILES string of the molecule is Cc1ccc(N2CCC(c3ccccc3)=NN(c3ccc([N+](=O)[O-])cc3)C2)cc1. The lowest BCUT2D eigenvalue weighted by molar-refractivity contribution is -0.384. The highest BCUT2D eigenvalue weighted by Gasteiger charge is 2.20. The van der Waals surface area contributed by atoms with Crippen molar-refractivity contribution in [2.75, 3.05) is 23.1 Å². The van der Waals surface area contributed by atoms with Crippen LogP contribution in [0.1, 0.15) is 17.5 Å². The van der Waals surface area contributed by atoms with Gasteiger partial charge in [-0.2, -0.15) is 5.10 Å². The quantitative estimate of drug-likeness (QED) is 0.468. The number of hydrogen-bond acceptors (Lipinski definition) is 5. The fourth-order valence-corrected chi connectivity index (χ4v) is 3.39. The number of aryl methyl sites for hydroxylation is 1. The lowest BCUT2D eigenvalue weighted by Crippen LogP contribution is -2.34. The molecular weight excluding hydrogens is 364 g/mol. The third kappa shape index (κ3) is 4.27. The van der Waals surface area contributed by atoms with Crippen molar-refractivity contribution >= 4 is 22.8 Å². The monoisotopic (exact) mass is 386 g/mol. The van der Waals surface area contributed by atoms with Crippen molar-refractivity contribution < 1.29 is 4.92 Å². The summed E-state index contributed by atoms with van der Waals surface area (Å²) in [4.78, 5) is 12.9. The molecular formula is C23H22N4O2. The third-order valence-corrected chi connectivity index (χ3v) is 5.03. The van der Waals surface area contributed by atoms with Gasteiger partial charge >= 0.3 is 0 Å². The zero-order valence-electron chi connectivity index (χ0n) is 16.2. The van der Waals surface area contributed by atoms with Gasteiger partial charge in [-0.15, -0.1) is 0 Å². The van der Waals surface area contributed by atoms with E-state index in [1.807, 2.05) is 23.2 Å². The highest BCUT2D eigenvalue weighted by Crippen LogP contribution is 2.25. The third-order valence-electron chi connectivity index (χ3n) is 5.03. The molecule has 0 saturated carbocycles. The molecule has 29 heavy (non-hydrogen) atoms. The van der Waals surface area contributed by atoms with Gasteiger partial charge in [-0.05, 0) is 36.8 Å². The molecule has 0 radical (unpaired) electrons. The van der Waals surface area contributed by atoms with Crippen LogP contribution in [0.5, 0.6) is 0 Å². The van der Waals surface area contributed by atoms with Crippen LogP contribution in [0.15, 0.2) is 84.0 Å². The summed E-state index contributed by atoms with van der Waals surface area (Å²) in [6.07, 6.45) is 0.807. The van der Waals surface area contributed by atoms with E-state index in [2.05, 4.69) is 48.2 Å². The zero-order chi connectivity index (χ0) is 20.2. The fourth-order valence-electron chi connectivity index (χ4n) is 3.39. The van der Waals surface area contributed by atoms with Gasteiger partial charge in [0, 0.05) is 30.8 Å². The van der Waals surface area contributed by atoms with Crippen LogP contribution in [0.3, 0.4) is 0 Å². The molecule has 0 unspecified atom stereocenters. The molecule has 0 saturated heterocycles. The van der Waals surface area contributed by atoms with Gasteiger partial charge in [-0.25, -0.2) is 5.01 Å². The number of rotatable bonds is 4. The first kappa shape index (κ1) is 18.7. The summed E-state index contributed by atoms with van der Waals surface area (Å²) in [7, 11) is 0. The van der Waals surface area contributed by atoms with Crippen LogP contribution in [0.4, 0.5) is 17.1 Å². The Bertz CT molecular complexity index is 1020. The van der Waals surface area contributed by atoms with Crippen LogP contribution in [0.2, 0.25) is 0 Å². The predicted molar refractivity (Wildman–Crippen MR) is 117 cm³/mol. The zero-order valence-corrected chi connectivity index (χ0v) is 16.2. The smallest absolute Gasteiger partial charge is 0.269 e. The van der Waals surface area contributed by atoms with Crippen molar-refractivity contribution in [2.24, 2.45) is 5.10 Å². The molecule has 1 aliphatic rings. The van der Waals surface area contributed by atoms with E-state index in [1.54, 1.807) is 12.1 Å². The van der Waals surface area contributed by atoms with Crippen molar-refractivity contribution in [2.45, 2.75) is 13.3 Å². The van der Waals surface area contributed by atoms with Gasteiger partial charge in [-0.3, -0.25) is 10.1 Å². The van der Waals surface area contributed by atoms with Gasteiger partial charge in [-0.1, -0.05) is 48.0 Å². The lowest BCUT2D eigenvalue weighted by Gasteiger charge is -2.28. The van der Waals surface area contributed by atoms with Crippen LogP contribution in [-0.4, -0.2) is 23.8 Å². The highest BCUT2D eigenvalue weighted by atomic mass is 16.6. The Morgan fingerprint density at radius 1 is 0.897 bits per heavy atom. The molecule has 3 aromatic rings.